The van der Waals surface area contributed by atoms with Gasteiger partial charge >= 0.3 is 0 Å². The van der Waals surface area contributed by atoms with Gasteiger partial charge in [-0.15, -0.1) is 0 Å². The lowest BCUT2D eigenvalue weighted by molar-refractivity contribution is 0.662. The molecule has 2 aliphatic rings. The van der Waals surface area contributed by atoms with Gasteiger partial charge in [-0.25, -0.2) is 4.98 Å². The molecule has 0 aliphatic heterocycles. The van der Waals surface area contributed by atoms with E-state index >= 15 is 0 Å². The molecule has 1 N–H and O–H groups in total. The summed E-state index contributed by atoms with van der Waals surface area (Å²) < 4.78 is 0. The van der Waals surface area contributed by atoms with Gasteiger partial charge in [0.1, 0.15) is 5.82 Å². The maximum atomic E-state index is 4.79. The lowest BCUT2D eigenvalue weighted by Crippen LogP contribution is -2.28. The first-order valence-corrected chi connectivity index (χ1v) is 7.67. The van der Waals surface area contributed by atoms with Crippen LogP contribution in [-0.2, 0) is 6.54 Å². The summed E-state index contributed by atoms with van der Waals surface area (Å²) in [6.45, 7) is 4.22. The van der Waals surface area contributed by atoms with Crippen molar-refractivity contribution in [1.82, 2.24) is 15.3 Å². The van der Waals surface area contributed by atoms with Crippen LogP contribution in [0.2, 0.25) is 0 Å². The molecular weight excluding hydrogens is 236 g/mol. The van der Waals surface area contributed by atoms with Crippen molar-refractivity contribution in [1.29, 1.82) is 0 Å². The van der Waals surface area contributed by atoms with Crippen molar-refractivity contribution in [2.75, 3.05) is 11.4 Å². The lowest BCUT2D eigenvalue weighted by atomic mass is 10.3. The highest BCUT2D eigenvalue weighted by atomic mass is 15.2. The molecule has 3 rings (SSSR count). The molecule has 0 atom stereocenters. The summed E-state index contributed by atoms with van der Waals surface area (Å²) in [5.41, 5.74) is 1.08. The molecule has 2 fully saturated rings. The second kappa shape index (κ2) is 5.87. The summed E-state index contributed by atoms with van der Waals surface area (Å²) in [6.07, 6.45) is 11.6. The Bertz CT molecular complexity index is 412. The molecule has 2 saturated carbocycles. The number of aromatic nitrogens is 2. The standard InChI is InChI=1S/C15H24N4/c1-2-3-8-19(14-6-7-14)15-11-16-9-13(18-15)10-17-12-4-5-12/h9,11-12,14,17H,2-8,10H2,1H3. The van der Waals surface area contributed by atoms with Crippen LogP contribution in [0.1, 0.15) is 51.1 Å². The molecule has 4 heteroatoms. The first kappa shape index (κ1) is 12.9. The van der Waals surface area contributed by atoms with Crippen molar-refractivity contribution in [3.63, 3.8) is 0 Å². The summed E-state index contributed by atoms with van der Waals surface area (Å²) >= 11 is 0. The van der Waals surface area contributed by atoms with Crippen molar-refractivity contribution in [3.8, 4) is 0 Å². The minimum absolute atomic E-state index is 0.715. The number of nitrogens with one attached hydrogen (secondary N) is 1. The zero-order chi connectivity index (χ0) is 13.1. The monoisotopic (exact) mass is 260 g/mol. The van der Waals surface area contributed by atoms with E-state index in [0.29, 0.717) is 6.04 Å². The first-order valence-electron chi connectivity index (χ1n) is 7.67. The van der Waals surface area contributed by atoms with Crippen molar-refractivity contribution >= 4 is 5.82 Å². The normalized spacial score (nSPS) is 18.6. The van der Waals surface area contributed by atoms with Crippen LogP contribution in [0.3, 0.4) is 0 Å². The van der Waals surface area contributed by atoms with E-state index in [1.807, 2.05) is 12.4 Å². The van der Waals surface area contributed by atoms with Crippen LogP contribution in [0.4, 0.5) is 5.82 Å². The topological polar surface area (TPSA) is 41.1 Å². The maximum absolute atomic E-state index is 4.79. The summed E-state index contributed by atoms with van der Waals surface area (Å²) in [6, 6.07) is 1.44. The predicted molar refractivity (Wildman–Crippen MR) is 77.2 cm³/mol. The fourth-order valence-corrected chi connectivity index (χ4v) is 2.35. The fourth-order valence-electron chi connectivity index (χ4n) is 2.35. The Morgan fingerprint density at radius 1 is 1.26 bits per heavy atom. The first-order chi connectivity index (χ1) is 9.36. The Labute approximate surface area is 115 Å². The van der Waals surface area contributed by atoms with Crippen molar-refractivity contribution in [3.05, 3.63) is 18.1 Å². The molecule has 0 aromatic carbocycles. The van der Waals surface area contributed by atoms with Crippen LogP contribution in [0, 0.1) is 0 Å². The van der Waals surface area contributed by atoms with E-state index in [1.54, 1.807) is 0 Å². The van der Waals surface area contributed by atoms with E-state index in [9.17, 15) is 0 Å². The van der Waals surface area contributed by atoms with E-state index in [1.165, 1.54) is 38.5 Å². The van der Waals surface area contributed by atoms with Crippen LogP contribution in [0.5, 0.6) is 0 Å². The zero-order valence-corrected chi connectivity index (χ0v) is 11.8. The molecule has 1 aromatic heterocycles. The molecule has 2 aliphatic carbocycles. The molecule has 1 heterocycles. The molecule has 104 valence electrons. The Balaban J connectivity index is 1.64. The fraction of sp³-hybridized carbons (Fsp3) is 0.733. The Morgan fingerprint density at radius 3 is 2.79 bits per heavy atom. The van der Waals surface area contributed by atoms with Crippen LogP contribution in [0.15, 0.2) is 12.4 Å². The minimum Gasteiger partial charge on any atom is -0.352 e. The zero-order valence-electron chi connectivity index (χ0n) is 11.8. The third kappa shape index (κ3) is 3.66. The van der Waals surface area contributed by atoms with Crippen LogP contribution in [0.25, 0.3) is 0 Å². The molecule has 0 bridgehead atoms. The van der Waals surface area contributed by atoms with Gasteiger partial charge in [-0.2, -0.15) is 0 Å². The van der Waals surface area contributed by atoms with E-state index in [-0.39, 0.29) is 0 Å². The molecule has 19 heavy (non-hydrogen) atoms. The number of hydrogen-bond acceptors (Lipinski definition) is 4. The number of anilines is 1. The molecule has 0 saturated heterocycles. The number of rotatable bonds is 8. The van der Waals surface area contributed by atoms with Gasteiger partial charge in [-0.3, -0.25) is 4.98 Å². The highest BCUT2D eigenvalue weighted by molar-refractivity contribution is 5.39. The van der Waals surface area contributed by atoms with Gasteiger partial charge < -0.3 is 10.2 Å². The van der Waals surface area contributed by atoms with Crippen molar-refractivity contribution in [2.24, 2.45) is 0 Å². The average molecular weight is 260 g/mol. The van der Waals surface area contributed by atoms with E-state index in [2.05, 4.69) is 22.1 Å². The Morgan fingerprint density at radius 2 is 2.11 bits per heavy atom. The molecular formula is C15H24N4. The second-order valence-electron chi connectivity index (χ2n) is 5.80. The van der Waals surface area contributed by atoms with Crippen molar-refractivity contribution in [2.45, 2.75) is 64.1 Å². The highest BCUT2D eigenvalue weighted by Crippen LogP contribution is 2.30. The SMILES string of the molecule is CCCCN(c1cncc(CNC2CC2)n1)C1CC1. The molecule has 0 radical (unpaired) electrons. The van der Waals surface area contributed by atoms with Crippen LogP contribution < -0.4 is 10.2 Å². The van der Waals surface area contributed by atoms with E-state index < -0.39 is 0 Å². The van der Waals surface area contributed by atoms with Gasteiger partial charge in [-0.05, 0) is 32.1 Å². The van der Waals surface area contributed by atoms with Gasteiger partial charge in [0.05, 0.1) is 11.9 Å². The second-order valence-corrected chi connectivity index (χ2v) is 5.80. The number of hydrogen-bond donors (Lipinski definition) is 1. The third-order valence-electron chi connectivity index (χ3n) is 3.86. The van der Waals surface area contributed by atoms with Crippen LogP contribution in [-0.4, -0.2) is 28.6 Å². The molecule has 4 nitrogen and oxygen atoms in total. The van der Waals surface area contributed by atoms with E-state index in [4.69, 9.17) is 4.98 Å². The summed E-state index contributed by atoms with van der Waals surface area (Å²) in [5, 5.41) is 3.51. The lowest BCUT2D eigenvalue weighted by Gasteiger charge is -2.23. The molecule has 0 amide bonds. The van der Waals surface area contributed by atoms with Crippen molar-refractivity contribution < 1.29 is 0 Å². The third-order valence-corrected chi connectivity index (χ3v) is 3.86. The number of unbranched alkanes of at least 4 members (excludes halogenated alkanes) is 1. The minimum atomic E-state index is 0.715. The van der Waals surface area contributed by atoms with Gasteiger partial charge in [0, 0.05) is 31.4 Å². The Kier molecular flexibility index (Phi) is 3.97. The average Bonchev–Trinajstić information content (AvgIpc) is 3.30. The summed E-state index contributed by atoms with van der Waals surface area (Å²) in [5.74, 6) is 1.08. The summed E-state index contributed by atoms with van der Waals surface area (Å²) in [7, 11) is 0. The maximum Gasteiger partial charge on any atom is 0.147 e. The number of nitrogens with zero attached hydrogens (tertiary/aromatic N) is 3. The van der Waals surface area contributed by atoms with Gasteiger partial charge in [0.15, 0.2) is 0 Å². The Hall–Kier alpha value is -1.16. The molecule has 0 unspecified atom stereocenters. The highest BCUT2D eigenvalue weighted by Gasteiger charge is 2.29. The van der Waals surface area contributed by atoms with Gasteiger partial charge in [0.2, 0.25) is 0 Å². The van der Waals surface area contributed by atoms with Gasteiger partial charge in [-0.1, -0.05) is 13.3 Å². The smallest absolute Gasteiger partial charge is 0.147 e. The summed E-state index contributed by atoms with van der Waals surface area (Å²) in [4.78, 5) is 11.6. The quantitative estimate of drug-likeness (QED) is 0.779. The van der Waals surface area contributed by atoms with Gasteiger partial charge in [0.25, 0.3) is 0 Å². The van der Waals surface area contributed by atoms with E-state index in [0.717, 1.165) is 30.6 Å². The predicted octanol–water partition coefficient (Wildman–Crippen LogP) is 2.50. The van der Waals surface area contributed by atoms with Crippen LogP contribution >= 0.6 is 0 Å². The molecule has 1 aromatic rings. The molecule has 0 spiro atoms. The largest absolute Gasteiger partial charge is 0.352 e.